The summed E-state index contributed by atoms with van der Waals surface area (Å²) in [7, 11) is 3.65. The summed E-state index contributed by atoms with van der Waals surface area (Å²) < 4.78 is 0. The first-order valence-corrected chi connectivity index (χ1v) is 7.20. The first-order valence-electron chi connectivity index (χ1n) is 7.20. The van der Waals surface area contributed by atoms with Crippen LogP contribution in [0.5, 0.6) is 0 Å². The van der Waals surface area contributed by atoms with Gasteiger partial charge in [0.15, 0.2) is 0 Å². The highest BCUT2D eigenvalue weighted by molar-refractivity contribution is 5.75. The highest BCUT2D eigenvalue weighted by Crippen LogP contribution is 2.17. The second kappa shape index (κ2) is 7.74. The molecule has 4 heteroatoms. The average Bonchev–Trinajstić information content (AvgIpc) is 2.34. The molecule has 1 amide bonds. The lowest BCUT2D eigenvalue weighted by Gasteiger charge is -2.37. The Morgan fingerprint density at radius 1 is 1.44 bits per heavy atom. The minimum absolute atomic E-state index is 0.230. The average molecular weight is 255 g/mol. The molecule has 0 bridgehead atoms. The summed E-state index contributed by atoms with van der Waals surface area (Å²) >= 11 is 0. The van der Waals surface area contributed by atoms with Gasteiger partial charge in [0, 0.05) is 39.6 Å². The SMILES string of the molecule is CCCNC1CCN(CCC(=O)N(C)C)CC1C. The van der Waals surface area contributed by atoms with Gasteiger partial charge in [-0.2, -0.15) is 0 Å². The van der Waals surface area contributed by atoms with E-state index in [4.69, 9.17) is 0 Å². The Bertz CT molecular complexity index is 255. The maximum absolute atomic E-state index is 11.6. The van der Waals surface area contributed by atoms with E-state index >= 15 is 0 Å². The zero-order valence-electron chi connectivity index (χ0n) is 12.4. The standard InChI is InChI=1S/C14H29N3O/c1-5-8-15-13-6-9-17(11-12(13)2)10-7-14(18)16(3)4/h12-13,15H,5-11H2,1-4H3. The number of amides is 1. The summed E-state index contributed by atoms with van der Waals surface area (Å²) in [5.41, 5.74) is 0. The number of carbonyl (C=O) groups is 1. The summed E-state index contributed by atoms with van der Waals surface area (Å²) in [5, 5.41) is 3.62. The lowest BCUT2D eigenvalue weighted by molar-refractivity contribution is -0.129. The molecule has 0 aromatic rings. The van der Waals surface area contributed by atoms with Crippen LogP contribution in [0.2, 0.25) is 0 Å². The molecule has 1 aliphatic heterocycles. The maximum Gasteiger partial charge on any atom is 0.223 e. The number of nitrogens with zero attached hydrogens (tertiary/aromatic N) is 2. The predicted molar refractivity (Wildman–Crippen MR) is 75.6 cm³/mol. The fourth-order valence-electron chi connectivity index (χ4n) is 2.55. The Balaban J connectivity index is 2.26. The molecule has 1 aliphatic rings. The monoisotopic (exact) mass is 255 g/mol. The van der Waals surface area contributed by atoms with Crippen LogP contribution in [0.4, 0.5) is 0 Å². The van der Waals surface area contributed by atoms with Gasteiger partial charge in [0.2, 0.25) is 5.91 Å². The van der Waals surface area contributed by atoms with Crippen molar-refractivity contribution < 1.29 is 4.79 Å². The normalized spacial score (nSPS) is 25.1. The van der Waals surface area contributed by atoms with Crippen LogP contribution in [0.1, 0.15) is 33.1 Å². The third-order valence-corrected chi connectivity index (χ3v) is 3.79. The Morgan fingerprint density at radius 2 is 2.17 bits per heavy atom. The van der Waals surface area contributed by atoms with Crippen LogP contribution in [-0.4, -0.2) is 62.0 Å². The van der Waals surface area contributed by atoms with E-state index in [1.54, 1.807) is 4.90 Å². The van der Waals surface area contributed by atoms with Gasteiger partial charge in [0.25, 0.3) is 0 Å². The minimum atomic E-state index is 0.230. The van der Waals surface area contributed by atoms with E-state index in [2.05, 4.69) is 24.1 Å². The molecule has 106 valence electrons. The molecular formula is C14H29N3O. The fourth-order valence-corrected chi connectivity index (χ4v) is 2.55. The molecule has 1 fully saturated rings. The van der Waals surface area contributed by atoms with Crippen molar-refractivity contribution in [2.24, 2.45) is 5.92 Å². The number of hydrogen-bond acceptors (Lipinski definition) is 3. The van der Waals surface area contributed by atoms with Crippen molar-refractivity contribution in [1.29, 1.82) is 0 Å². The molecule has 0 aromatic heterocycles. The van der Waals surface area contributed by atoms with E-state index in [0.29, 0.717) is 18.4 Å². The molecule has 0 aromatic carbocycles. The van der Waals surface area contributed by atoms with Crippen molar-refractivity contribution in [2.45, 2.75) is 39.2 Å². The Hall–Kier alpha value is -0.610. The lowest BCUT2D eigenvalue weighted by Crippen LogP contribution is -2.49. The quantitative estimate of drug-likeness (QED) is 0.774. The van der Waals surface area contributed by atoms with Crippen molar-refractivity contribution in [3.05, 3.63) is 0 Å². The first-order chi connectivity index (χ1) is 8.54. The maximum atomic E-state index is 11.6. The fraction of sp³-hybridized carbons (Fsp3) is 0.929. The summed E-state index contributed by atoms with van der Waals surface area (Å²) in [6.07, 6.45) is 3.05. The van der Waals surface area contributed by atoms with Crippen molar-refractivity contribution in [3.63, 3.8) is 0 Å². The predicted octanol–water partition coefficient (Wildman–Crippen LogP) is 1.17. The second-order valence-corrected chi connectivity index (χ2v) is 5.67. The third kappa shape index (κ3) is 4.94. The highest BCUT2D eigenvalue weighted by Gasteiger charge is 2.25. The molecule has 0 aliphatic carbocycles. The molecule has 18 heavy (non-hydrogen) atoms. The minimum Gasteiger partial charge on any atom is -0.349 e. The van der Waals surface area contributed by atoms with Crippen LogP contribution in [-0.2, 0) is 4.79 Å². The van der Waals surface area contributed by atoms with Crippen molar-refractivity contribution >= 4 is 5.91 Å². The van der Waals surface area contributed by atoms with Crippen molar-refractivity contribution in [1.82, 2.24) is 15.1 Å². The van der Waals surface area contributed by atoms with E-state index in [9.17, 15) is 4.79 Å². The van der Waals surface area contributed by atoms with Gasteiger partial charge >= 0.3 is 0 Å². The molecule has 4 nitrogen and oxygen atoms in total. The largest absolute Gasteiger partial charge is 0.349 e. The molecular weight excluding hydrogens is 226 g/mol. The molecule has 2 atom stereocenters. The van der Waals surface area contributed by atoms with E-state index in [1.165, 1.54) is 12.8 Å². The van der Waals surface area contributed by atoms with Gasteiger partial charge < -0.3 is 15.1 Å². The molecule has 1 saturated heterocycles. The van der Waals surface area contributed by atoms with E-state index < -0.39 is 0 Å². The van der Waals surface area contributed by atoms with Gasteiger partial charge in [-0.25, -0.2) is 0 Å². The highest BCUT2D eigenvalue weighted by atomic mass is 16.2. The Labute approximate surface area is 112 Å². The van der Waals surface area contributed by atoms with Gasteiger partial charge in [-0.05, 0) is 31.8 Å². The van der Waals surface area contributed by atoms with Crippen LogP contribution < -0.4 is 5.32 Å². The van der Waals surface area contributed by atoms with E-state index in [1.807, 2.05) is 14.1 Å². The third-order valence-electron chi connectivity index (χ3n) is 3.79. The molecule has 1 heterocycles. The van der Waals surface area contributed by atoms with E-state index in [-0.39, 0.29) is 5.91 Å². The van der Waals surface area contributed by atoms with E-state index in [0.717, 1.165) is 26.2 Å². The second-order valence-electron chi connectivity index (χ2n) is 5.67. The topological polar surface area (TPSA) is 35.6 Å². The summed E-state index contributed by atoms with van der Waals surface area (Å²) in [4.78, 5) is 15.7. The molecule has 0 spiro atoms. The number of carbonyl (C=O) groups excluding carboxylic acids is 1. The zero-order valence-corrected chi connectivity index (χ0v) is 12.4. The molecule has 2 unspecified atom stereocenters. The number of hydrogen-bond donors (Lipinski definition) is 1. The van der Waals surface area contributed by atoms with Crippen molar-refractivity contribution in [2.75, 3.05) is 40.3 Å². The smallest absolute Gasteiger partial charge is 0.223 e. The van der Waals surface area contributed by atoms with Crippen LogP contribution in [0.15, 0.2) is 0 Å². The summed E-state index contributed by atoms with van der Waals surface area (Å²) in [6, 6.07) is 0.658. The first kappa shape index (κ1) is 15.4. The van der Waals surface area contributed by atoms with Gasteiger partial charge in [-0.3, -0.25) is 4.79 Å². The van der Waals surface area contributed by atoms with Crippen molar-refractivity contribution in [3.8, 4) is 0 Å². The van der Waals surface area contributed by atoms with Crippen LogP contribution in [0.3, 0.4) is 0 Å². The number of rotatable bonds is 6. The molecule has 0 radical (unpaired) electrons. The van der Waals surface area contributed by atoms with Gasteiger partial charge in [-0.15, -0.1) is 0 Å². The Kier molecular flexibility index (Phi) is 6.65. The van der Waals surface area contributed by atoms with Gasteiger partial charge in [-0.1, -0.05) is 13.8 Å². The number of likely N-dealkylation sites (tertiary alicyclic amines) is 1. The molecule has 1 N–H and O–H groups in total. The zero-order chi connectivity index (χ0) is 13.5. The summed E-state index contributed by atoms with van der Waals surface area (Å²) in [5.74, 6) is 0.911. The lowest BCUT2D eigenvalue weighted by atomic mass is 9.93. The molecule has 0 saturated carbocycles. The van der Waals surface area contributed by atoms with Crippen LogP contribution >= 0.6 is 0 Å². The summed E-state index contributed by atoms with van der Waals surface area (Å²) in [6.45, 7) is 8.78. The van der Waals surface area contributed by atoms with Gasteiger partial charge in [0.1, 0.15) is 0 Å². The van der Waals surface area contributed by atoms with Gasteiger partial charge in [0.05, 0.1) is 0 Å². The van der Waals surface area contributed by atoms with Crippen LogP contribution in [0, 0.1) is 5.92 Å². The number of piperidine rings is 1. The van der Waals surface area contributed by atoms with Crippen LogP contribution in [0.25, 0.3) is 0 Å². The Morgan fingerprint density at radius 3 is 2.72 bits per heavy atom. The number of nitrogens with one attached hydrogen (secondary N) is 1. The molecule has 1 rings (SSSR count).